The molecular weight excluding hydrogens is 254 g/mol. The van der Waals surface area contributed by atoms with Crippen molar-refractivity contribution in [2.45, 2.75) is 53.9 Å². The first-order chi connectivity index (χ1) is 10.1. The zero-order valence-electron chi connectivity index (χ0n) is 14.1. The largest absolute Gasteiger partial charge is 0.289 e. The molecule has 0 saturated heterocycles. The summed E-state index contributed by atoms with van der Waals surface area (Å²) >= 11 is 0. The van der Waals surface area contributed by atoms with Crippen LogP contribution >= 0.6 is 0 Å². The molecule has 0 heterocycles. The number of benzene rings is 1. The molecule has 1 aliphatic carbocycles. The summed E-state index contributed by atoms with van der Waals surface area (Å²) in [6.45, 7) is 12.0. The first-order valence-electron chi connectivity index (χ1n) is 8.03. The van der Waals surface area contributed by atoms with Gasteiger partial charge in [-0.3, -0.25) is 4.99 Å². The molecule has 0 aromatic heterocycles. The maximum Gasteiger partial charge on any atom is 0.0395 e. The summed E-state index contributed by atoms with van der Waals surface area (Å²) in [7, 11) is 0. The lowest BCUT2D eigenvalue weighted by Crippen LogP contribution is -2.02. The van der Waals surface area contributed by atoms with E-state index in [2.05, 4.69) is 58.9 Å². The van der Waals surface area contributed by atoms with Crippen molar-refractivity contribution in [1.82, 2.24) is 0 Å². The molecule has 112 valence electrons. The van der Waals surface area contributed by atoms with Gasteiger partial charge in [0.15, 0.2) is 0 Å². The predicted molar refractivity (Wildman–Crippen MR) is 94.0 cm³/mol. The van der Waals surface area contributed by atoms with Crippen molar-refractivity contribution in [3.63, 3.8) is 0 Å². The van der Waals surface area contributed by atoms with Crippen molar-refractivity contribution in [2.75, 3.05) is 6.54 Å². The maximum absolute atomic E-state index is 4.76. The zero-order chi connectivity index (χ0) is 15.4. The van der Waals surface area contributed by atoms with Gasteiger partial charge in [0.05, 0.1) is 0 Å². The van der Waals surface area contributed by atoms with E-state index in [1.165, 1.54) is 52.0 Å². The molecule has 0 unspecified atom stereocenters. The Morgan fingerprint density at radius 2 is 1.81 bits per heavy atom. The van der Waals surface area contributed by atoms with Crippen LogP contribution in [0.25, 0.3) is 5.57 Å². The van der Waals surface area contributed by atoms with Crippen LogP contribution in [-0.4, -0.2) is 12.3 Å². The Balaban J connectivity index is 2.38. The highest BCUT2D eigenvalue weighted by Crippen LogP contribution is 2.38. The van der Waals surface area contributed by atoms with E-state index in [1.54, 1.807) is 0 Å². The van der Waals surface area contributed by atoms with Crippen LogP contribution in [0.3, 0.4) is 0 Å². The summed E-state index contributed by atoms with van der Waals surface area (Å²) in [6.07, 6.45) is 3.45. The van der Waals surface area contributed by atoms with Crippen molar-refractivity contribution in [3.8, 4) is 0 Å². The van der Waals surface area contributed by atoms with Crippen LogP contribution < -0.4 is 0 Å². The Labute approximate surface area is 129 Å². The first-order valence-corrected chi connectivity index (χ1v) is 8.03. The minimum absolute atomic E-state index is 0.936. The Morgan fingerprint density at radius 3 is 2.43 bits per heavy atom. The molecule has 2 rings (SSSR count). The van der Waals surface area contributed by atoms with Crippen molar-refractivity contribution in [2.24, 2.45) is 4.99 Å². The average Bonchev–Trinajstić information content (AvgIpc) is 2.75. The van der Waals surface area contributed by atoms with Crippen LogP contribution in [0.5, 0.6) is 0 Å². The summed E-state index contributed by atoms with van der Waals surface area (Å²) in [5.41, 5.74) is 9.71. The number of hydrogen-bond acceptors (Lipinski definition) is 1. The average molecular weight is 281 g/mol. The van der Waals surface area contributed by atoms with Crippen LogP contribution in [0.1, 0.15) is 65.0 Å². The highest BCUT2D eigenvalue weighted by atomic mass is 14.7. The second-order valence-corrected chi connectivity index (χ2v) is 6.05. The van der Waals surface area contributed by atoms with Gasteiger partial charge in [0.1, 0.15) is 0 Å². The molecular formula is C20H27N. The molecule has 0 saturated carbocycles. The van der Waals surface area contributed by atoms with Crippen molar-refractivity contribution in [1.29, 1.82) is 0 Å². The highest BCUT2D eigenvalue weighted by Gasteiger charge is 2.19. The number of aliphatic imine (C=N–C) groups is 1. The third kappa shape index (κ3) is 3.34. The Bertz CT molecular complexity index is 614. The molecule has 21 heavy (non-hydrogen) atoms. The molecule has 1 nitrogen and oxygen atoms in total. The second-order valence-electron chi connectivity index (χ2n) is 6.05. The molecule has 0 N–H and O–H groups in total. The number of hydrogen-bond donors (Lipinski definition) is 0. The third-order valence-electron chi connectivity index (χ3n) is 4.60. The number of nitrogens with zero attached hydrogens (tertiary/aromatic N) is 1. The van der Waals surface area contributed by atoms with Crippen LogP contribution in [0, 0.1) is 0 Å². The quantitative estimate of drug-likeness (QED) is 0.477. The topological polar surface area (TPSA) is 12.4 Å². The van der Waals surface area contributed by atoms with Crippen LogP contribution in [0.2, 0.25) is 0 Å². The van der Waals surface area contributed by atoms with E-state index >= 15 is 0 Å². The number of allylic oxidation sites excluding steroid dienone is 4. The number of rotatable bonds is 5. The van der Waals surface area contributed by atoms with Gasteiger partial charge in [-0.25, -0.2) is 0 Å². The van der Waals surface area contributed by atoms with Crippen LogP contribution in [-0.2, 0) is 0 Å². The lowest BCUT2D eigenvalue weighted by molar-refractivity contribution is 0.808. The lowest BCUT2D eigenvalue weighted by atomic mass is 9.93. The van der Waals surface area contributed by atoms with Gasteiger partial charge >= 0.3 is 0 Å². The van der Waals surface area contributed by atoms with Crippen molar-refractivity contribution >= 4 is 11.3 Å². The van der Waals surface area contributed by atoms with Gasteiger partial charge in [0.2, 0.25) is 0 Å². The molecule has 0 radical (unpaired) electrons. The van der Waals surface area contributed by atoms with Crippen molar-refractivity contribution < 1.29 is 0 Å². The fourth-order valence-corrected chi connectivity index (χ4v) is 2.93. The van der Waals surface area contributed by atoms with E-state index in [4.69, 9.17) is 4.99 Å². The molecule has 0 spiro atoms. The van der Waals surface area contributed by atoms with Gasteiger partial charge in [-0.05, 0) is 62.8 Å². The Kier molecular flexibility index (Phi) is 5.17. The molecule has 0 aliphatic heterocycles. The van der Waals surface area contributed by atoms with Crippen LogP contribution in [0.4, 0.5) is 0 Å². The van der Waals surface area contributed by atoms with Gasteiger partial charge < -0.3 is 0 Å². The molecule has 0 amide bonds. The summed E-state index contributed by atoms with van der Waals surface area (Å²) < 4.78 is 0. The summed E-state index contributed by atoms with van der Waals surface area (Å²) in [5, 5.41) is 0. The van der Waals surface area contributed by atoms with E-state index < -0.39 is 0 Å². The molecule has 1 heteroatoms. The molecule has 0 atom stereocenters. The summed E-state index contributed by atoms with van der Waals surface area (Å²) in [5.74, 6) is 0. The third-order valence-corrected chi connectivity index (χ3v) is 4.60. The second kappa shape index (κ2) is 6.89. The highest BCUT2D eigenvalue weighted by molar-refractivity contribution is 6.03. The zero-order valence-corrected chi connectivity index (χ0v) is 14.1. The van der Waals surface area contributed by atoms with E-state index in [9.17, 15) is 0 Å². The van der Waals surface area contributed by atoms with E-state index in [-0.39, 0.29) is 0 Å². The smallest absolute Gasteiger partial charge is 0.0395 e. The van der Waals surface area contributed by atoms with Crippen molar-refractivity contribution in [3.05, 3.63) is 52.1 Å². The van der Waals surface area contributed by atoms with Gasteiger partial charge in [0.25, 0.3) is 0 Å². The van der Waals surface area contributed by atoms with E-state index in [0.717, 1.165) is 13.0 Å². The Hall–Kier alpha value is -1.63. The fraction of sp³-hybridized carbons (Fsp3) is 0.450. The summed E-state index contributed by atoms with van der Waals surface area (Å²) in [4.78, 5) is 4.76. The first kappa shape index (κ1) is 15.8. The van der Waals surface area contributed by atoms with Gasteiger partial charge in [-0.1, -0.05) is 43.2 Å². The lowest BCUT2D eigenvalue weighted by Gasteiger charge is -2.12. The Morgan fingerprint density at radius 1 is 1.10 bits per heavy atom. The van der Waals surface area contributed by atoms with E-state index in [1.807, 2.05) is 0 Å². The maximum atomic E-state index is 4.76. The molecule has 1 aromatic carbocycles. The molecule has 1 aromatic rings. The molecule has 0 bridgehead atoms. The molecule has 0 fully saturated rings. The SMILES string of the molecule is CCCCN=C(C)c1ccccc1C1=C(C)C(C)=C(C)C1. The summed E-state index contributed by atoms with van der Waals surface area (Å²) in [6, 6.07) is 8.72. The normalized spacial score (nSPS) is 16.1. The number of unbranched alkanes of at least 4 members (excludes halogenated alkanes) is 1. The molecule has 1 aliphatic rings. The van der Waals surface area contributed by atoms with Gasteiger partial charge in [-0.15, -0.1) is 0 Å². The van der Waals surface area contributed by atoms with Gasteiger partial charge in [-0.2, -0.15) is 0 Å². The van der Waals surface area contributed by atoms with Gasteiger partial charge in [0, 0.05) is 17.8 Å². The minimum atomic E-state index is 0.936. The minimum Gasteiger partial charge on any atom is -0.289 e. The fourth-order valence-electron chi connectivity index (χ4n) is 2.93. The van der Waals surface area contributed by atoms with Crippen LogP contribution in [0.15, 0.2) is 46.0 Å². The van der Waals surface area contributed by atoms with E-state index in [0.29, 0.717) is 0 Å². The predicted octanol–water partition coefficient (Wildman–Crippen LogP) is 5.81. The monoisotopic (exact) mass is 281 g/mol. The standard InChI is InChI=1S/C20H27N/c1-6-7-12-21-17(5)18-10-8-9-11-19(18)20-13-14(2)15(3)16(20)4/h8-11H,6-7,12-13H2,1-5H3.